The molecule has 0 aliphatic carbocycles. The molecule has 29 heavy (non-hydrogen) atoms. The van der Waals surface area contributed by atoms with Gasteiger partial charge in [0.1, 0.15) is 15.6 Å². The van der Waals surface area contributed by atoms with E-state index in [1.807, 2.05) is 19.1 Å². The molecule has 7 nitrogen and oxygen atoms in total. The van der Waals surface area contributed by atoms with E-state index in [0.717, 1.165) is 50.7 Å². The lowest BCUT2D eigenvalue weighted by Crippen LogP contribution is -2.45. The molecule has 1 aromatic carbocycles. The number of hydrogen-bond acceptors (Lipinski definition) is 5. The molecule has 1 aromatic rings. The summed E-state index contributed by atoms with van der Waals surface area (Å²) >= 11 is 0. The minimum atomic E-state index is -2.93. The Kier molecular flexibility index (Phi) is 9.23. The number of benzene rings is 1. The number of likely N-dealkylation sites (tertiary alicyclic amines) is 1. The van der Waals surface area contributed by atoms with Crippen molar-refractivity contribution in [2.24, 2.45) is 10.9 Å². The zero-order valence-electron chi connectivity index (χ0n) is 18.1. The van der Waals surface area contributed by atoms with Gasteiger partial charge in [-0.15, -0.1) is 0 Å². The van der Waals surface area contributed by atoms with Crippen LogP contribution in [0, 0.1) is 5.92 Å². The second kappa shape index (κ2) is 11.4. The first-order valence-corrected chi connectivity index (χ1v) is 12.4. The van der Waals surface area contributed by atoms with Crippen LogP contribution in [0.4, 0.5) is 0 Å². The monoisotopic (exact) mass is 424 g/mol. The van der Waals surface area contributed by atoms with Crippen LogP contribution in [0.5, 0.6) is 5.75 Å². The first-order chi connectivity index (χ1) is 13.8. The maximum absolute atomic E-state index is 11.3. The quantitative estimate of drug-likeness (QED) is 0.465. The van der Waals surface area contributed by atoms with E-state index >= 15 is 0 Å². The summed E-state index contributed by atoms with van der Waals surface area (Å²) in [6.07, 6.45) is 4.16. The van der Waals surface area contributed by atoms with Gasteiger partial charge in [-0.2, -0.15) is 0 Å². The van der Waals surface area contributed by atoms with Gasteiger partial charge in [-0.1, -0.05) is 12.1 Å². The molecule has 1 aliphatic rings. The lowest BCUT2D eigenvalue weighted by Gasteiger charge is -2.32. The minimum Gasteiger partial charge on any atom is -0.497 e. The van der Waals surface area contributed by atoms with Crippen LogP contribution in [-0.4, -0.2) is 71.1 Å². The molecule has 2 rings (SSSR count). The van der Waals surface area contributed by atoms with Crippen LogP contribution in [0.25, 0.3) is 0 Å². The Labute approximate surface area is 175 Å². The molecule has 8 heteroatoms. The van der Waals surface area contributed by atoms with Gasteiger partial charge in [-0.25, -0.2) is 8.42 Å². The standard InChI is InChI=1S/C21H36N4O3S/c1-17(11-14-29(4,26)27)24-21(22-2)23-15-18-9-12-25(13-10-18)16-19-5-7-20(28-3)8-6-19/h5-8,17-18H,9-16H2,1-4H3,(H2,22,23,24). The number of methoxy groups -OCH3 is 1. The van der Waals surface area contributed by atoms with Crippen molar-refractivity contribution in [3.8, 4) is 5.75 Å². The molecule has 0 spiro atoms. The highest BCUT2D eigenvalue weighted by atomic mass is 32.2. The molecule has 1 heterocycles. The molecule has 1 saturated heterocycles. The third-order valence-electron chi connectivity index (χ3n) is 5.36. The van der Waals surface area contributed by atoms with Gasteiger partial charge in [-0.05, 0) is 62.9 Å². The van der Waals surface area contributed by atoms with Crippen LogP contribution < -0.4 is 15.4 Å². The predicted molar refractivity (Wildman–Crippen MR) is 119 cm³/mol. The van der Waals surface area contributed by atoms with E-state index in [-0.39, 0.29) is 11.8 Å². The van der Waals surface area contributed by atoms with E-state index in [9.17, 15) is 8.42 Å². The van der Waals surface area contributed by atoms with Crippen molar-refractivity contribution in [3.05, 3.63) is 29.8 Å². The Morgan fingerprint density at radius 2 is 1.93 bits per heavy atom. The molecule has 0 bridgehead atoms. The fraction of sp³-hybridized carbons (Fsp3) is 0.667. The SMILES string of the molecule is CN=C(NCC1CCN(Cc2ccc(OC)cc2)CC1)NC(C)CCS(C)(=O)=O. The second-order valence-corrected chi connectivity index (χ2v) is 10.2. The topological polar surface area (TPSA) is 83.0 Å². The zero-order valence-corrected chi connectivity index (χ0v) is 19.0. The summed E-state index contributed by atoms with van der Waals surface area (Å²) in [5.74, 6) is 2.44. The van der Waals surface area contributed by atoms with Crippen LogP contribution in [0.15, 0.2) is 29.3 Å². The van der Waals surface area contributed by atoms with Gasteiger partial charge in [0.25, 0.3) is 0 Å². The number of guanidine groups is 1. The Morgan fingerprint density at radius 3 is 2.48 bits per heavy atom. The molecule has 1 fully saturated rings. The van der Waals surface area contributed by atoms with E-state index in [2.05, 4.69) is 32.7 Å². The van der Waals surface area contributed by atoms with Crippen molar-refractivity contribution >= 4 is 15.8 Å². The highest BCUT2D eigenvalue weighted by molar-refractivity contribution is 7.90. The molecule has 0 amide bonds. The molecular formula is C21H36N4O3S. The van der Waals surface area contributed by atoms with Crippen LogP contribution in [0.1, 0.15) is 31.7 Å². The average Bonchev–Trinajstić information content (AvgIpc) is 2.70. The van der Waals surface area contributed by atoms with Crippen molar-refractivity contribution in [1.29, 1.82) is 0 Å². The number of sulfone groups is 1. The van der Waals surface area contributed by atoms with Crippen LogP contribution in [-0.2, 0) is 16.4 Å². The van der Waals surface area contributed by atoms with E-state index in [0.29, 0.717) is 12.3 Å². The summed E-state index contributed by atoms with van der Waals surface area (Å²) in [6, 6.07) is 8.35. The highest BCUT2D eigenvalue weighted by Gasteiger charge is 2.20. The Hall–Kier alpha value is -1.80. The molecule has 1 aliphatic heterocycles. The molecule has 0 aromatic heterocycles. The van der Waals surface area contributed by atoms with Crippen molar-refractivity contribution in [2.75, 3.05) is 45.8 Å². The smallest absolute Gasteiger partial charge is 0.191 e. The molecular weight excluding hydrogens is 388 g/mol. The third-order valence-corrected chi connectivity index (χ3v) is 6.34. The summed E-state index contributed by atoms with van der Waals surface area (Å²) < 4.78 is 27.8. The van der Waals surface area contributed by atoms with Crippen molar-refractivity contribution < 1.29 is 13.2 Å². The summed E-state index contributed by atoms with van der Waals surface area (Å²) in [4.78, 5) is 6.76. The first-order valence-electron chi connectivity index (χ1n) is 10.3. The van der Waals surface area contributed by atoms with Crippen LogP contribution in [0.3, 0.4) is 0 Å². The van der Waals surface area contributed by atoms with E-state index in [1.54, 1.807) is 14.2 Å². The van der Waals surface area contributed by atoms with Gasteiger partial charge in [0, 0.05) is 32.4 Å². The lowest BCUT2D eigenvalue weighted by atomic mass is 9.96. The van der Waals surface area contributed by atoms with E-state index in [4.69, 9.17) is 4.74 Å². The fourth-order valence-corrected chi connectivity index (χ4v) is 4.25. The molecule has 1 unspecified atom stereocenters. The maximum Gasteiger partial charge on any atom is 0.191 e. The number of nitrogens with zero attached hydrogens (tertiary/aromatic N) is 2. The van der Waals surface area contributed by atoms with Gasteiger partial charge in [0.15, 0.2) is 5.96 Å². The number of rotatable bonds is 9. The molecule has 2 N–H and O–H groups in total. The van der Waals surface area contributed by atoms with Crippen LogP contribution >= 0.6 is 0 Å². The average molecular weight is 425 g/mol. The van der Waals surface area contributed by atoms with Gasteiger partial charge >= 0.3 is 0 Å². The van der Waals surface area contributed by atoms with Gasteiger partial charge in [0.05, 0.1) is 12.9 Å². The number of hydrogen-bond donors (Lipinski definition) is 2. The lowest BCUT2D eigenvalue weighted by molar-refractivity contribution is 0.178. The van der Waals surface area contributed by atoms with Crippen molar-refractivity contribution in [1.82, 2.24) is 15.5 Å². The minimum absolute atomic E-state index is 0.0577. The zero-order chi connectivity index (χ0) is 21.3. The van der Waals surface area contributed by atoms with Crippen molar-refractivity contribution in [3.63, 3.8) is 0 Å². The molecule has 1 atom stereocenters. The summed E-state index contributed by atoms with van der Waals surface area (Å²) in [5, 5.41) is 6.68. The third kappa shape index (κ3) is 9.04. The first kappa shape index (κ1) is 23.5. The van der Waals surface area contributed by atoms with E-state index < -0.39 is 9.84 Å². The van der Waals surface area contributed by atoms with Crippen LogP contribution in [0.2, 0.25) is 0 Å². The normalized spacial score (nSPS) is 17.7. The van der Waals surface area contributed by atoms with Crippen molar-refractivity contribution in [2.45, 2.75) is 38.8 Å². The van der Waals surface area contributed by atoms with Gasteiger partial charge in [0.2, 0.25) is 0 Å². The van der Waals surface area contributed by atoms with Gasteiger partial charge < -0.3 is 15.4 Å². The Morgan fingerprint density at radius 1 is 1.28 bits per heavy atom. The number of ether oxygens (including phenoxy) is 1. The fourth-order valence-electron chi connectivity index (χ4n) is 3.47. The number of aliphatic imine (C=N–C) groups is 1. The largest absolute Gasteiger partial charge is 0.497 e. The summed E-state index contributed by atoms with van der Waals surface area (Å²) in [5.41, 5.74) is 1.31. The Balaban J connectivity index is 1.68. The molecule has 0 saturated carbocycles. The second-order valence-electron chi connectivity index (χ2n) is 7.98. The maximum atomic E-state index is 11.3. The summed E-state index contributed by atoms with van der Waals surface area (Å²) in [7, 11) is 0.501. The molecule has 0 radical (unpaired) electrons. The van der Waals surface area contributed by atoms with Gasteiger partial charge in [-0.3, -0.25) is 9.89 Å². The summed E-state index contributed by atoms with van der Waals surface area (Å²) in [6.45, 7) is 6.03. The number of nitrogens with one attached hydrogen (secondary N) is 2. The predicted octanol–water partition coefficient (Wildman–Crippen LogP) is 1.90. The van der Waals surface area contributed by atoms with E-state index in [1.165, 1.54) is 11.8 Å². The number of piperidine rings is 1. The Bertz CT molecular complexity index is 742. The molecule has 164 valence electrons. The highest BCUT2D eigenvalue weighted by Crippen LogP contribution is 2.19.